The van der Waals surface area contributed by atoms with Crippen LogP contribution < -0.4 is 26.1 Å². The third-order valence-electron chi connectivity index (χ3n) is 5.09. The SMILES string of the molecule is COc1ccc(C2N=c3occc3=C(N)N2c2ccc3ccccc3c2)cc1. The summed E-state index contributed by atoms with van der Waals surface area (Å²) in [6.07, 6.45) is 1.29. The van der Waals surface area contributed by atoms with E-state index in [-0.39, 0.29) is 6.17 Å². The van der Waals surface area contributed by atoms with Crippen molar-refractivity contribution in [3.8, 4) is 5.75 Å². The summed E-state index contributed by atoms with van der Waals surface area (Å²) < 4.78 is 10.8. The van der Waals surface area contributed by atoms with Crippen LogP contribution in [0.3, 0.4) is 0 Å². The van der Waals surface area contributed by atoms with Crippen LogP contribution in [0, 0.1) is 0 Å². The van der Waals surface area contributed by atoms with Crippen LogP contribution in [0.4, 0.5) is 5.69 Å². The fourth-order valence-electron chi connectivity index (χ4n) is 3.63. The number of nitrogens with zero attached hydrogens (tertiary/aromatic N) is 2. The Balaban J connectivity index is 1.70. The summed E-state index contributed by atoms with van der Waals surface area (Å²) in [6.45, 7) is 0. The van der Waals surface area contributed by atoms with E-state index in [2.05, 4.69) is 30.3 Å². The van der Waals surface area contributed by atoms with Gasteiger partial charge in [-0.2, -0.15) is 0 Å². The molecule has 4 aromatic rings. The highest BCUT2D eigenvalue weighted by Crippen LogP contribution is 2.34. The van der Waals surface area contributed by atoms with Crippen molar-refractivity contribution in [1.29, 1.82) is 0 Å². The van der Waals surface area contributed by atoms with Crippen LogP contribution in [0.5, 0.6) is 5.75 Å². The van der Waals surface area contributed by atoms with Gasteiger partial charge in [-0.15, -0.1) is 0 Å². The average Bonchev–Trinajstić information content (AvgIpc) is 3.22. The molecule has 0 radical (unpaired) electrons. The molecule has 2 heterocycles. The fraction of sp³-hybridized carbons (Fsp3) is 0.0870. The second kappa shape index (κ2) is 6.46. The molecule has 2 N–H and O–H groups in total. The zero-order valence-electron chi connectivity index (χ0n) is 15.4. The lowest BCUT2D eigenvalue weighted by molar-refractivity contribution is 0.414. The smallest absolute Gasteiger partial charge is 0.227 e. The zero-order chi connectivity index (χ0) is 19.1. The molecule has 0 saturated heterocycles. The van der Waals surface area contributed by atoms with Gasteiger partial charge in [0.25, 0.3) is 0 Å². The molecule has 28 heavy (non-hydrogen) atoms. The van der Waals surface area contributed by atoms with Crippen molar-refractivity contribution >= 4 is 22.3 Å². The van der Waals surface area contributed by atoms with Gasteiger partial charge in [0.05, 0.1) is 18.6 Å². The molecule has 5 nitrogen and oxygen atoms in total. The second-order valence-electron chi connectivity index (χ2n) is 6.70. The topological polar surface area (TPSA) is 64.0 Å². The summed E-state index contributed by atoms with van der Waals surface area (Å²) in [6, 6.07) is 24.3. The summed E-state index contributed by atoms with van der Waals surface area (Å²) in [5, 5.41) is 3.14. The number of benzene rings is 3. The van der Waals surface area contributed by atoms with Gasteiger partial charge in [0.1, 0.15) is 11.6 Å². The maximum Gasteiger partial charge on any atom is 0.227 e. The first-order chi connectivity index (χ1) is 13.7. The number of ether oxygens (including phenoxy) is 1. The Labute approximate surface area is 162 Å². The quantitative estimate of drug-likeness (QED) is 0.602. The highest BCUT2D eigenvalue weighted by Gasteiger charge is 2.27. The van der Waals surface area contributed by atoms with Crippen LogP contribution in [-0.4, -0.2) is 7.11 Å². The Kier molecular flexibility index (Phi) is 3.79. The Morgan fingerprint density at radius 3 is 2.54 bits per heavy atom. The molecule has 0 saturated carbocycles. The molecule has 0 bridgehead atoms. The normalized spacial score (nSPS) is 16.0. The van der Waals surface area contributed by atoms with Gasteiger partial charge < -0.3 is 19.8 Å². The number of nitrogens with two attached hydrogens (primary N) is 1. The number of hydrogen-bond acceptors (Lipinski definition) is 5. The van der Waals surface area contributed by atoms with Gasteiger partial charge in [-0.3, -0.25) is 0 Å². The standard InChI is InChI=1S/C23H19N3O2/c1-27-19-10-7-16(8-11-19)22-25-23-20(12-13-28-23)21(24)26(22)18-9-6-15-4-2-3-5-17(15)14-18/h2-14,22H,24H2,1H3. The molecular formula is C23H19N3O2. The van der Waals surface area contributed by atoms with Gasteiger partial charge in [0.15, 0.2) is 6.17 Å². The minimum absolute atomic E-state index is 0.328. The van der Waals surface area contributed by atoms with Gasteiger partial charge in [0, 0.05) is 5.69 Å². The number of rotatable bonds is 3. The van der Waals surface area contributed by atoms with E-state index in [1.807, 2.05) is 47.4 Å². The molecule has 0 spiro atoms. The lowest BCUT2D eigenvalue weighted by Crippen LogP contribution is -2.43. The molecule has 1 aromatic heterocycles. The van der Waals surface area contributed by atoms with Crippen LogP contribution in [0.1, 0.15) is 11.7 Å². The third-order valence-corrected chi connectivity index (χ3v) is 5.09. The van der Waals surface area contributed by atoms with Crippen LogP contribution in [-0.2, 0) is 0 Å². The molecule has 3 aromatic carbocycles. The van der Waals surface area contributed by atoms with Crippen molar-refractivity contribution in [1.82, 2.24) is 0 Å². The summed E-state index contributed by atoms with van der Waals surface area (Å²) in [7, 11) is 1.66. The van der Waals surface area contributed by atoms with E-state index in [0.29, 0.717) is 11.4 Å². The van der Waals surface area contributed by atoms with Gasteiger partial charge in [0.2, 0.25) is 5.55 Å². The van der Waals surface area contributed by atoms with Crippen molar-refractivity contribution in [2.45, 2.75) is 6.17 Å². The Hall–Kier alpha value is -3.73. The number of hydrogen-bond donors (Lipinski definition) is 1. The molecule has 138 valence electrons. The van der Waals surface area contributed by atoms with Gasteiger partial charge >= 0.3 is 0 Å². The highest BCUT2D eigenvalue weighted by molar-refractivity contribution is 5.87. The number of anilines is 1. The molecule has 1 aliphatic heterocycles. The summed E-state index contributed by atoms with van der Waals surface area (Å²) >= 11 is 0. The Morgan fingerprint density at radius 1 is 0.964 bits per heavy atom. The van der Waals surface area contributed by atoms with E-state index in [0.717, 1.165) is 27.6 Å². The molecule has 1 unspecified atom stereocenters. The fourth-order valence-corrected chi connectivity index (χ4v) is 3.63. The van der Waals surface area contributed by atoms with E-state index in [9.17, 15) is 0 Å². The maximum absolute atomic E-state index is 6.59. The molecule has 5 heteroatoms. The highest BCUT2D eigenvalue weighted by atomic mass is 16.5. The van der Waals surface area contributed by atoms with E-state index in [1.54, 1.807) is 13.4 Å². The van der Waals surface area contributed by atoms with E-state index in [4.69, 9.17) is 19.9 Å². The van der Waals surface area contributed by atoms with Crippen molar-refractivity contribution in [3.05, 3.63) is 95.4 Å². The van der Waals surface area contributed by atoms with Crippen molar-refractivity contribution in [2.24, 2.45) is 10.7 Å². The average molecular weight is 369 g/mol. The predicted octanol–water partition coefficient (Wildman–Crippen LogP) is 3.30. The minimum atomic E-state index is -0.328. The maximum atomic E-state index is 6.59. The molecule has 0 amide bonds. The molecule has 0 aliphatic carbocycles. The van der Waals surface area contributed by atoms with Crippen molar-refractivity contribution in [2.75, 3.05) is 12.0 Å². The number of furan rings is 1. The molecular weight excluding hydrogens is 350 g/mol. The predicted molar refractivity (Wildman–Crippen MR) is 109 cm³/mol. The van der Waals surface area contributed by atoms with Crippen LogP contribution >= 0.6 is 0 Å². The zero-order valence-corrected chi connectivity index (χ0v) is 15.4. The first-order valence-electron chi connectivity index (χ1n) is 9.08. The van der Waals surface area contributed by atoms with E-state index < -0.39 is 0 Å². The van der Waals surface area contributed by atoms with Gasteiger partial charge in [-0.1, -0.05) is 42.5 Å². The van der Waals surface area contributed by atoms with Crippen LogP contribution in [0.2, 0.25) is 0 Å². The molecule has 5 rings (SSSR count). The lowest BCUT2D eigenvalue weighted by Gasteiger charge is -2.33. The van der Waals surface area contributed by atoms with Crippen molar-refractivity contribution < 1.29 is 9.15 Å². The Morgan fingerprint density at radius 2 is 1.75 bits per heavy atom. The largest absolute Gasteiger partial charge is 0.497 e. The molecule has 1 aliphatic rings. The first kappa shape index (κ1) is 16.4. The summed E-state index contributed by atoms with van der Waals surface area (Å²) in [5.41, 5.74) is 9.12. The lowest BCUT2D eigenvalue weighted by atomic mass is 10.1. The molecule has 1 atom stereocenters. The second-order valence-corrected chi connectivity index (χ2v) is 6.70. The number of methoxy groups -OCH3 is 1. The van der Waals surface area contributed by atoms with E-state index in [1.165, 1.54) is 5.39 Å². The van der Waals surface area contributed by atoms with Gasteiger partial charge in [-0.25, -0.2) is 4.99 Å². The van der Waals surface area contributed by atoms with Gasteiger partial charge in [-0.05, 0) is 46.7 Å². The van der Waals surface area contributed by atoms with Crippen molar-refractivity contribution in [3.63, 3.8) is 0 Å². The summed E-state index contributed by atoms with van der Waals surface area (Å²) in [5.74, 6) is 1.42. The first-order valence-corrected chi connectivity index (χ1v) is 9.08. The van der Waals surface area contributed by atoms with E-state index >= 15 is 0 Å². The van der Waals surface area contributed by atoms with Crippen LogP contribution in [0.25, 0.3) is 16.6 Å². The van der Waals surface area contributed by atoms with Crippen LogP contribution in [0.15, 0.2) is 88.5 Å². The number of fused-ring (bicyclic) bond motifs is 2. The molecule has 0 fully saturated rings. The monoisotopic (exact) mass is 369 g/mol. The minimum Gasteiger partial charge on any atom is -0.497 e. The third kappa shape index (κ3) is 2.60. The Bertz CT molecular complexity index is 1280. The summed E-state index contributed by atoms with van der Waals surface area (Å²) in [4.78, 5) is 6.88.